The van der Waals surface area contributed by atoms with Gasteiger partial charge in [-0.1, -0.05) is 45.8 Å². The minimum Gasteiger partial charge on any atom is -0.295 e. The summed E-state index contributed by atoms with van der Waals surface area (Å²) in [5.74, 6) is 0.504. The average molecular weight is 403 g/mol. The third kappa shape index (κ3) is 2.45. The van der Waals surface area contributed by atoms with Crippen molar-refractivity contribution < 1.29 is 9.59 Å². The van der Waals surface area contributed by atoms with E-state index in [-0.39, 0.29) is 23.4 Å². The Bertz CT molecular complexity index is 807. The number of hydrogen-bond donors (Lipinski definition) is 0. The Hall–Kier alpha value is -1.79. The van der Waals surface area contributed by atoms with Gasteiger partial charge in [-0.15, -0.1) is 11.8 Å². The van der Waals surface area contributed by atoms with Gasteiger partial charge in [0.25, 0.3) is 5.91 Å². The maximum Gasteiger partial charge on any atom is 0.333 e. The first-order chi connectivity index (χ1) is 11.6. The Kier molecular flexibility index (Phi) is 3.89. The summed E-state index contributed by atoms with van der Waals surface area (Å²) in [6, 6.07) is 14.8. The van der Waals surface area contributed by atoms with Crippen LogP contribution in [-0.4, -0.2) is 28.6 Å². The molecule has 0 radical (unpaired) electrons. The van der Waals surface area contributed by atoms with Gasteiger partial charge in [-0.05, 0) is 36.8 Å². The molecule has 6 heteroatoms. The van der Waals surface area contributed by atoms with Crippen LogP contribution < -0.4 is 4.90 Å². The van der Waals surface area contributed by atoms with Crippen LogP contribution in [0.15, 0.2) is 53.0 Å². The maximum atomic E-state index is 12.9. The highest BCUT2D eigenvalue weighted by Gasteiger charge is 2.53. The van der Waals surface area contributed by atoms with Crippen LogP contribution in [0.1, 0.15) is 16.5 Å². The lowest BCUT2D eigenvalue weighted by molar-refractivity contribution is -0.119. The molecule has 2 aromatic carbocycles. The van der Waals surface area contributed by atoms with E-state index in [1.54, 1.807) is 16.7 Å². The summed E-state index contributed by atoms with van der Waals surface area (Å²) in [6.07, 6.45) is 0. The monoisotopic (exact) mass is 402 g/mol. The SMILES string of the molecule is Cc1ccc(N2C(=O)[C@H]3CS[C@H](c4ccc(Br)cc4)N3C2=O)cc1. The molecule has 4 nitrogen and oxygen atoms in total. The number of rotatable bonds is 2. The molecule has 4 rings (SSSR count). The van der Waals surface area contributed by atoms with Crippen LogP contribution in [0.4, 0.5) is 10.5 Å². The van der Waals surface area contributed by atoms with Crippen molar-refractivity contribution in [3.63, 3.8) is 0 Å². The fourth-order valence-corrected chi connectivity index (χ4v) is 4.78. The highest BCUT2D eigenvalue weighted by atomic mass is 79.9. The van der Waals surface area contributed by atoms with Gasteiger partial charge in [0.1, 0.15) is 11.4 Å². The first kappa shape index (κ1) is 15.7. The lowest BCUT2D eigenvalue weighted by Crippen LogP contribution is -2.33. The summed E-state index contributed by atoms with van der Waals surface area (Å²) in [5.41, 5.74) is 2.78. The van der Waals surface area contributed by atoms with E-state index in [2.05, 4.69) is 15.9 Å². The second-order valence-electron chi connectivity index (χ2n) is 5.95. The quantitative estimate of drug-likeness (QED) is 0.701. The highest BCUT2D eigenvalue weighted by Crippen LogP contribution is 2.46. The molecule has 0 aliphatic carbocycles. The standard InChI is InChI=1S/C18H15BrN2O2S/c1-11-2-8-14(9-3-11)20-16(22)15-10-24-17(21(15)18(20)23)12-4-6-13(19)7-5-12/h2-9,15,17H,10H2,1H3/t15-,17-/m1/s1. The first-order valence-electron chi connectivity index (χ1n) is 7.66. The molecule has 2 saturated heterocycles. The number of hydrogen-bond acceptors (Lipinski definition) is 3. The van der Waals surface area contributed by atoms with E-state index in [0.717, 1.165) is 15.6 Å². The van der Waals surface area contributed by atoms with Gasteiger partial charge >= 0.3 is 6.03 Å². The summed E-state index contributed by atoms with van der Waals surface area (Å²) in [4.78, 5) is 28.7. The smallest absolute Gasteiger partial charge is 0.295 e. The molecule has 0 bridgehead atoms. The van der Waals surface area contributed by atoms with Crippen molar-refractivity contribution in [1.82, 2.24) is 4.90 Å². The number of imide groups is 1. The van der Waals surface area contributed by atoms with E-state index in [0.29, 0.717) is 11.4 Å². The van der Waals surface area contributed by atoms with Gasteiger partial charge in [-0.3, -0.25) is 9.69 Å². The molecule has 0 aromatic heterocycles. The zero-order chi connectivity index (χ0) is 16.8. The summed E-state index contributed by atoms with van der Waals surface area (Å²) in [6.45, 7) is 1.98. The number of amides is 3. The van der Waals surface area contributed by atoms with Crippen LogP contribution >= 0.6 is 27.7 Å². The maximum absolute atomic E-state index is 12.9. The fraction of sp³-hybridized carbons (Fsp3) is 0.222. The second kappa shape index (κ2) is 5.93. The van der Waals surface area contributed by atoms with Gasteiger partial charge in [0.05, 0.1) is 5.69 Å². The Labute approximate surface area is 152 Å². The number of halogens is 1. The van der Waals surface area contributed by atoms with Crippen molar-refractivity contribution in [3.05, 3.63) is 64.1 Å². The predicted molar refractivity (Wildman–Crippen MR) is 99.0 cm³/mol. The largest absolute Gasteiger partial charge is 0.333 e. The van der Waals surface area contributed by atoms with Crippen molar-refractivity contribution in [2.24, 2.45) is 0 Å². The lowest BCUT2D eigenvalue weighted by atomic mass is 10.2. The molecule has 122 valence electrons. The average Bonchev–Trinajstić information content (AvgIpc) is 3.11. The van der Waals surface area contributed by atoms with E-state index in [9.17, 15) is 9.59 Å². The van der Waals surface area contributed by atoms with Crippen molar-refractivity contribution >= 4 is 45.3 Å². The number of aryl methyl sites for hydroxylation is 1. The lowest BCUT2D eigenvalue weighted by Gasteiger charge is -2.23. The normalized spacial score (nSPS) is 23.1. The van der Waals surface area contributed by atoms with E-state index < -0.39 is 0 Å². The zero-order valence-corrected chi connectivity index (χ0v) is 15.4. The number of nitrogens with zero attached hydrogens (tertiary/aromatic N) is 2. The first-order valence-corrected chi connectivity index (χ1v) is 9.50. The van der Waals surface area contributed by atoms with Crippen LogP contribution in [-0.2, 0) is 4.79 Å². The topological polar surface area (TPSA) is 40.6 Å². The van der Waals surface area contributed by atoms with Gasteiger partial charge in [-0.25, -0.2) is 9.69 Å². The number of fused-ring (bicyclic) bond motifs is 1. The molecule has 0 N–H and O–H groups in total. The van der Waals surface area contributed by atoms with E-state index >= 15 is 0 Å². The summed E-state index contributed by atoms with van der Waals surface area (Å²) in [7, 11) is 0. The van der Waals surface area contributed by atoms with Crippen molar-refractivity contribution in [3.8, 4) is 0 Å². The minimum atomic E-state index is -0.377. The summed E-state index contributed by atoms with van der Waals surface area (Å²) in [5, 5.41) is -0.116. The third-order valence-electron chi connectivity index (χ3n) is 4.37. The van der Waals surface area contributed by atoms with Crippen LogP contribution in [0.25, 0.3) is 0 Å². The predicted octanol–water partition coefficient (Wildman–Crippen LogP) is 4.34. The molecule has 3 amide bonds. The molecular weight excluding hydrogens is 388 g/mol. The van der Waals surface area contributed by atoms with Gasteiger partial charge in [0, 0.05) is 10.2 Å². The number of thioether (sulfide) groups is 1. The molecule has 2 fully saturated rings. The van der Waals surface area contributed by atoms with Crippen LogP contribution in [0, 0.1) is 6.92 Å². The van der Waals surface area contributed by atoms with Crippen LogP contribution in [0.5, 0.6) is 0 Å². The Balaban J connectivity index is 1.67. The fourth-order valence-electron chi connectivity index (χ4n) is 3.10. The Morgan fingerprint density at radius 3 is 2.38 bits per heavy atom. The van der Waals surface area contributed by atoms with Crippen LogP contribution in [0.2, 0.25) is 0 Å². The molecule has 2 aromatic rings. The molecule has 0 saturated carbocycles. The van der Waals surface area contributed by atoms with Crippen molar-refractivity contribution in [2.75, 3.05) is 10.7 Å². The van der Waals surface area contributed by atoms with Gasteiger partial charge in [-0.2, -0.15) is 0 Å². The molecule has 2 aliphatic heterocycles. The molecule has 2 atom stereocenters. The number of urea groups is 1. The Morgan fingerprint density at radius 1 is 1.04 bits per heavy atom. The minimum absolute atomic E-state index is 0.116. The molecular formula is C18H15BrN2O2S. The van der Waals surface area contributed by atoms with E-state index in [4.69, 9.17) is 0 Å². The van der Waals surface area contributed by atoms with Crippen LogP contribution in [0.3, 0.4) is 0 Å². The van der Waals surface area contributed by atoms with Crippen molar-refractivity contribution in [2.45, 2.75) is 18.3 Å². The highest BCUT2D eigenvalue weighted by molar-refractivity contribution is 9.10. The molecule has 2 aliphatic rings. The van der Waals surface area contributed by atoms with Gasteiger partial charge < -0.3 is 0 Å². The van der Waals surface area contributed by atoms with Gasteiger partial charge in [0.15, 0.2) is 0 Å². The molecule has 0 spiro atoms. The number of benzene rings is 2. The third-order valence-corrected chi connectivity index (χ3v) is 6.22. The molecule has 0 unspecified atom stereocenters. The number of carbonyl (C=O) groups excluding carboxylic acids is 2. The van der Waals surface area contributed by atoms with Gasteiger partial charge in [0.2, 0.25) is 0 Å². The number of carbonyl (C=O) groups is 2. The summed E-state index contributed by atoms with van der Waals surface area (Å²) < 4.78 is 0.996. The zero-order valence-electron chi connectivity index (χ0n) is 13.0. The van der Waals surface area contributed by atoms with E-state index in [1.165, 1.54) is 4.90 Å². The summed E-state index contributed by atoms with van der Waals surface area (Å²) >= 11 is 5.07. The second-order valence-corrected chi connectivity index (χ2v) is 7.98. The number of anilines is 1. The van der Waals surface area contributed by atoms with Crippen molar-refractivity contribution in [1.29, 1.82) is 0 Å². The van der Waals surface area contributed by atoms with E-state index in [1.807, 2.05) is 55.5 Å². The molecule has 24 heavy (non-hydrogen) atoms. The molecule has 2 heterocycles. The Morgan fingerprint density at radius 2 is 1.71 bits per heavy atom.